The van der Waals surface area contributed by atoms with Gasteiger partial charge in [0.2, 0.25) is 0 Å². The van der Waals surface area contributed by atoms with Crippen molar-refractivity contribution in [3.05, 3.63) is 22.4 Å². The van der Waals surface area contributed by atoms with E-state index >= 15 is 0 Å². The molecule has 1 aliphatic heterocycles. The Morgan fingerprint density at radius 3 is 2.90 bits per heavy atom. The van der Waals surface area contributed by atoms with Crippen LogP contribution < -0.4 is 5.73 Å². The van der Waals surface area contributed by atoms with E-state index in [1.54, 1.807) is 0 Å². The van der Waals surface area contributed by atoms with Crippen molar-refractivity contribution >= 4 is 23.1 Å². The van der Waals surface area contributed by atoms with Crippen LogP contribution in [0.4, 0.5) is 0 Å². The summed E-state index contributed by atoms with van der Waals surface area (Å²) in [6.07, 6.45) is 0. The van der Waals surface area contributed by atoms with E-state index in [0.29, 0.717) is 11.3 Å². The first-order valence-electron chi connectivity index (χ1n) is 3.28. The van der Waals surface area contributed by atoms with E-state index in [1.807, 2.05) is 23.1 Å². The molecule has 0 saturated carbocycles. The first-order valence-corrected chi connectivity index (χ1v) is 5.21. The number of nitrogens with two attached hydrogens (primary N) is 1. The van der Waals surface area contributed by atoms with Gasteiger partial charge in [-0.1, -0.05) is 6.07 Å². The largest absolute Gasteiger partial charge is 0.326 e. The summed E-state index contributed by atoms with van der Waals surface area (Å²) < 4.78 is 0. The Morgan fingerprint density at radius 2 is 2.50 bits per heavy atom. The van der Waals surface area contributed by atoms with Crippen LogP contribution in [0.25, 0.3) is 0 Å². The van der Waals surface area contributed by atoms with E-state index in [4.69, 9.17) is 5.73 Å². The third kappa shape index (κ3) is 0.983. The lowest BCUT2D eigenvalue weighted by atomic mass is 10.2. The molecule has 1 aromatic rings. The van der Waals surface area contributed by atoms with Gasteiger partial charge in [0.25, 0.3) is 0 Å². The van der Waals surface area contributed by atoms with Crippen molar-refractivity contribution in [2.24, 2.45) is 5.73 Å². The normalized spacial score (nSPS) is 31.7. The molecular weight excluding hydrogens is 162 g/mol. The standard InChI is InChI=1S/C7H9NS2/c8-5-4-10-7(5)6-2-1-3-9-6/h1-3,5,7H,4,8H2. The molecule has 2 N–H and O–H groups in total. The van der Waals surface area contributed by atoms with Crippen LogP contribution in [0.15, 0.2) is 17.5 Å². The van der Waals surface area contributed by atoms with Crippen LogP contribution in [0.1, 0.15) is 10.1 Å². The minimum atomic E-state index is 0.406. The second kappa shape index (κ2) is 2.57. The van der Waals surface area contributed by atoms with E-state index in [1.165, 1.54) is 4.88 Å². The molecule has 2 rings (SSSR count). The molecule has 1 nitrogen and oxygen atoms in total. The van der Waals surface area contributed by atoms with Crippen LogP contribution in [0, 0.1) is 0 Å². The molecule has 2 heterocycles. The molecule has 0 aliphatic carbocycles. The molecule has 1 aliphatic rings. The Balaban J connectivity index is 2.14. The van der Waals surface area contributed by atoms with Gasteiger partial charge in [0.1, 0.15) is 0 Å². The maximum atomic E-state index is 5.80. The van der Waals surface area contributed by atoms with Crippen molar-refractivity contribution < 1.29 is 0 Å². The molecule has 0 radical (unpaired) electrons. The van der Waals surface area contributed by atoms with Gasteiger partial charge in [-0.3, -0.25) is 0 Å². The molecule has 2 unspecified atom stereocenters. The van der Waals surface area contributed by atoms with Crippen LogP contribution in [0.5, 0.6) is 0 Å². The van der Waals surface area contributed by atoms with Crippen LogP contribution in [0.2, 0.25) is 0 Å². The van der Waals surface area contributed by atoms with E-state index in [0.717, 1.165) is 5.75 Å². The Labute approximate surface area is 68.6 Å². The molecule has 0 bridgehead atoms. The van der Waals surface area contributed by atoms with Gasteiger partial charge in [-0.25, -0.2) is 0 Å². The molecule has 0 aromatic carbocycles. The Bertz CT molecular complexity index is 207. The molecule has 0 amide bonds. The highest BCUT2D eigenvalue weighted by Crippen LogP contribution is 2.43. The third-order valence-electron chi connectivity index (χ3n) is 1.68. The summed E-state index contributed by atoms with van der Waals surface area (Å²) in [4.78, 5) is 1.43. The summed E-state index contributed by atoms with van der Waals surface area (Å²) in [5, 5.41) is 2.71. The number of thioether (sulfide) groups is 1. The molecule has 3 heteroatoms. The summed E-state index contributed by atoms with van der Waals surface area (Å²) in [6, 6.07) is 4.66. The van der Waals surface area contributed by atoms with Crippen molar-refractivity contribution in [1.29, 1.82) is 0 Å². The molecule has 2 atom stereocenters. The smallest absolute Gasteiger partial charge is 0.0550 e. The van der Waals surface area contributed by atoms with Crippen molar-refractivity contribution in [3.63, 3.8) is 0 Å². The fraction of sp³-hybridized carbons (Fsp3) is 0.429. The van der Waals surface area contributed by atoms with E-state index in [9.17, 15) is 0 Å². The van der Waals surface area contributed by atoms with Crippen molar-refractivity contribution in [2.45, 2.75) is 11.3 Å². The minimum Gasteiger partial charge on any atom is -0.326 e. The van der Waals surface area contributed by atoms with Crippen molar-refractivity contribution in [1.82, 2.24) is 0 Å². The van der Waals surface area contributed by atoms with Crippen LogP contribution in [-0.2, 0) is 0 Å². The Hall–Kier alpha value is 0.01000. The Kier molecular flexibility index (Phi) is 1.72. The van der Waals surface area contributed by atoms with Gasteiger partial charge in [-0.15, -0.1) is 23.1 Å². The first-order chi connectivity index (χ1) is 4.88. The zero-order valence-corrected chi connectivity index (χ0v) is 7.12. The second-order valence-corrected chi connectivity index (χ2v) is 4.59. The van der Waals surface area contributed by atoms with Gasteiger partial charge in [-0.2, -0.15) is 0 Å². The number of thiophene rings is 1. The number of rotatable bonds is 1. The molecule has 54 valence electrons. The van der Waals surface area contributed by atoms with Gasteiger partial charge in [0.15, 0.2) is 0 Å². The highest BCUT2D eigenvalue weighted by Gasteiger charge is 2.29. The molecule has 1 fully saturated rings. The topological polar surface area (TPSA) is 26.0 Å². The van der Waals surface area contributed by atoms with Crippen LogP contribution in [-0.4, -0.2) is 11.8 Å². The van der Waals surface area contributed by atoms with Crippen molar-refractivity contribution in [2.75, 3.05) is 5.75 Å². The summed E-state index contributed by atoms with van der Waals surface area (Å²) in [5.41, 5.74) is 5.80. The van der Waals surface area contributed by atoms with Gasteiger partial charge >= 0.3 is 0 Å². The SMILES string of the molecule is NC1CSC1c1cccs1. The molecule has 1 aromatic heterocycles. The van der Waals surface area contributed by atoms with Crippen LogP contribution in [0.3, 0.4) is 0 Å². The van der Waals surface area contributed by atoms with Gasteiger partial charge in [-0.05, 0) is 11.4 Å². The van der Waals surface area contributed by atoms with E-state index in [2.05, 4.69) is 17.5 Å². The van der Waals surface area contributed by atoms with Crippen LogP contribution >= 0.6 is 23.1 Å². The lowest BCUT2D eigenvalue weighted by molar-refractivity contribution is 0.695. The number of hydrogen-bond donors (Lipinski definition) is 1. The summed E-state index contributed by atoms with van der Waals surface area (Å²) >= 11 is 3.77. The zero-order chi connectivity index (χ0) is 6.97. The Morgan fingerprint density at radius 1 is 1.60 bits per heavy atom. The predicted molar refractivity (Wildman–Crippen MR) is 47.5 cm³/mol. The summed E-state index contributed by atoms with van der Waals surface area (Å²) in [5.74, 6) is 1.13. The van der Waals surface area contributed by atoms with Gasteiger partial charge < -0.3 is 5.73 Å². The highest BCUT2D eigenvalue weighted by atomic mass is 32.2. The molecule has 10 heavy (non-hydrogen) atoms. The predicted octanol–water partition coefficient (Wildman–Crippen LogP) is 1.86. The van der Waals surface area contributed by atoms with Gasteiger partial charge in [0, 0.05) is 16.7 Å². The fourth-order valence-electron chi connectivity index (χ4n) is 1.05. The lowest BCUT2D eigenvalue weighted by Gasteiger charge is -2.31. The minimum absolute atomic E-state index is 0.406. The fourth-order valence-corrected chi connectivity index (χ4v) is 3.05. The first kappa shape index (κ1) is 6.70. The molecule has 0 spiro atoms. The van der Waals surface area contributed by atoms with E-state index in [-0.39, 0.29) is 0 Å². The van der Waals surface area contributed by atoms with Crippen molar-refractivity contribution in [3.8, 4) is 0 Å². The maximum absolute atomic E-state index is 5.80. The lowest BCUT2D eigenvalue weighted by Crippen LogP contribution is -2.37. The number of hydrogen-bond acceptors (Lipinski definition) is 3. The summed E-state index contributed by atoms with van der Waals surface area (Å²) in [6.45, 7) is 0. The maximum Gasteiger partial charge on any atom is 0.0550 e. The second-order valence-electron chi connectivity index (χ2n) is 2.43. The van der Waals surface area contributed by atoms with Gasteiger partial charge in [0.05, 0.1) is 5.25 Å². The molecular formula is C7H9NS2. The quantitative estimate of drug-likeness (QED) is 0.698. The highest BCUT2D eigenvalue weighted by molar-refractivity contribution is 8.01. The monoisotopic (exact) mass is 171 g/mol. The summed E-state index contributed by atoms with van der Waals surface area (Å²) in [7, 11) is 0. The van der Waals surface area contributed by atoms with E-state index < -0.39 is 0 Å². The average Bonchev–Trinajstić information content (AvgIpc) is 2.37. The third-order valence-corrected chi connectivity index (χ3v) is 4.33. The molecule has 1 saturated heterocycles. The zero-order valence-electron chi connectivity index (χ0n) is 5.49. The average molecular weight is 171 g/mol.